The van der Waals surface area contributed by atoms with E-state index in [0.717, 1.165) is 99.1 Å². The Morgan fingerprint density at radius 2 is 1.10 bits per heavy atom. The van der Waals surface area contributed by atoms with Gasteiger partial charge in [0.05, 0.1) is 0 Å². The second kappa shape index (κ2) is 10.3. The van der Waals surface area contributed by atoms with Gasteiger partial charge in [-0.05, 0) is 82.9 Å². The van der Waals surface area contributed by atoms with Gasteiger partial charge in [-0.1, -0.05) is 78.9 Å². The maximum atomic E-state index is 6.58. The highest BCUT2D eigenvalue weighted by atomic mass is 16.4. The topological polar surface area (TPSA) is 55.6 Å². The Labute approximate surface area is 285 Å². The van der Waals surface area contributed by atoms with Crippen LogP contribution in [0.2, 0.25) is 0 Å². The molecule has 0 saturated heterocycles. The first-order valence-electron chi connectivity index (χ1n) is 16.7. The van der Waals surface area contributed by atoms with Crippen molar-refractivity contribution in [2.45, 2.75) is 0 Å². The van der Waals surface area contributed by atoms with Crippen LogP contribution < -0.4 is 4.90 Å². The van der Waals surface area contributed by atoms with E-state index in [1.807, 2.05) is 30.3 Å². The standard InChI is InChI=1S/C45H26N2O3/c1-2-12-30(13-3-1)47(31-18-21-34-35-20-17-27-9-6-7-14-33(27)44(35)49-40(34)25-31)32-19-22-36-41(26-32)48-39-16-8-15-37(43(36)39)45-46-38-23-28-10-4-5-11-29(28)24-42(38)50-45/h1-26H. The fourth-order valence-electron chi connectivity index (χ4n) is 7.52. The van der Waals surface area contributed by atoms with E-state index in [4.69, 9.17) is 18.2 Å². The van der Waals surface area contributed by atoms with Crippen LogP contribution in [0.4, 0.5) is 17.1 Å². The largest absolute Gasteiger partial charge is 0.456 e. The number of hydrogen-bond acceptors (Lipinski definition) is 5. The second-order valence-corrected chi connectivity index (χ2v) is 12.8. The third-order valence-electron chi connectivity index (χ3n) is 9.84. The van der Waals surface area contributed by atoms with Crippen LogP contribution in [0, 0.1) is 0 Å². The number of hydrogen-bond donors (Lipinski definition) is 0. The van der Waals surface area contributed by atoms with E-state index in [1.165, 1.54) is 0 Å². The maximum Gasteiger partial charge on any atom is 0.228 e. The van der Waals surface area contributed by atoms with Crippen molar-refractivity contribution in [1.82, 2.24) is 4.98 Å². The third-order valence-corrected chi connectivity index (χ3v) is 9.84. The number of rotatable bonds is 4. The summed E-state index contributed by atoms with van der Waals surface area (Å²) in [7, 11) is 0. The summed E-state index contributed by atoms with van der Waals surface area (Å²) in [5, 5.41) is 8.72. The smallest absolute Gasteiger partial charge is 0.228 e. The number of benzene rings is 8. The zero-order valence-electron chi connectivity index (χ0n) is 26.6. The molecule has 0 bridgehead atoms. The molecule has 0 N–H and O–H groups in total. The third kappa shape index (κ3) is 4.04. The van der Waals surface area contributed by atoms with Gasteiger partial charge in [-0.3, -0.25) is 0 Å². The van der Waals surface area contributed by atoms with E-state index in [9.17, 15) is 0 Å². The molecule has 8 aromatic carbocycles. The molecule has 3 heterocycles. The Kier molecular flexibility index (Phi) is 5.60. The number of para-hydroxylation sites is 1. The molecule has 0 aliphatic rings. The van der Waals surface area contributed by atoms with Gasteiger partial charge in [-0.25, -0.2) is 4.98 Å². The van der Waals surface area contributed by atoms with Gasteiger partial charge in [0.25, 0.3) is 0 Å². The van der Waals surface area contributed by atoms with Gasteiger partial charge in [0.1, 0.15) is 27.8 Å². The van der Waals surface area contributed by atoms with E-state index >= 15 is 0 Å². The SMILES string of the molecule is c1ccc(N(c2ccc3c(c2)oc2c4ccccc4ccc32)c2ccc3c(c2)oc2cccc(-c4nc5cc6ccccc6cc5o4)c23)cc1. The van der Waals surface area contributed by atoms with Gasteiger partial charge in [0.15, 0.2) is 5.58 Å². The van der Waals surface area contributed by atoms with Gasteiger partial charge in [-0.15, -0.1) is 0 Å². The highest BCUT2D eigenvalue weighted by Gasteiger charge is 2.20. The van der Waals surface area contributed by atoms with Crippen LogP contribution in [-0.4, -0.2) is 4.98 Å². The molecule has 0 aliphatic carbocycles. The highest BCUT2D eigenvalue weighted by Crippen LogP contribution is 2.43. The van der Waals surface area contributed by atoms with Crippen molar-refractivity contribution in [2.24, 2.45) is 0 Å². The minimum absolute atomic E-state index is 0.575. The summed E-state index contributed by atoms with van der Waals surface area (Å²) < 4.78 is 19.5. The predicted octanol–water partition coefficient (Wildman–Crippen LogP) is 13.1. The monoisotopic (exact) mass is 642 g/mol. The van der Waals surface area contributed by atoms with E-state index < -0.39 is 0 Å². The van der Waals surface area contributed by atoms with Crippen molar-refractivity contribution in [2.75, 3.05) is 4.90 Å². The van der Waals surface area contributed by atoms with Crippen LogP contribution in [0.15, 0.2) is 171 Å². The van der Waals surface area contributed by atoms with Crippen LogP contribution >= 0.6 is 0 Å². The van der Waals surface area contributed by atoms with Crippen molar-refractivity contribution < 1.29 is 13.3 Å². The van der Waals surface area contributed by atoms with Gasteiger partial charge in [0.2, 0.25) is 5.89 Å². The first-order valence-corrected chi connectivity index (χ1v) is 16.7. The molecule has 5 nitrogen and oxygen atoms in total. The average molecular weight is 643 g/mol. The Morgan fingerprint density at radius 3 is 1.94 bits per heavy atom. The first kappa shape index (κ1) is 27.1. The summed E-state index contributed by atoms with van der Waals surface area (Å²) in [6.45, 7) is 0. The highest BCUT2D eigenvalue weighted by molar-refractivity contribution is 6.16. The Morgan fingerprint density at radius 1 is 0.400 bits per heavy atom. The maximum absolute atomic E-state index is 6.58. The molecular weight excluding hydrogens is 617 g/mol. The first-order chi connectivity index (χ1) is 24.7. The molecule has 0 saturated carbocycles. The number of fused-ring (bicyclic) bond motifs is 10. The number of anilines is 3. The van der Waals surface area contributed by atoms with Crippen LogP contribution in [0.3, 0.4) is 0 Å². The molecule has 11 aromatic rings. The molecule has 0 unspecified atom stereocenters. The second-order valence-electron chi connectivity index (χ2n) is 12.8. The minimum atomic E-state index is 0.575. The summed E-state index contributed by atoms with van der Waals surface area (Å²) in [5.41, 5.74) is 8.80. The molecule has 234 valence electrons. The Hall–Kier alpha value is -6.85. The van der Waals surface area contributed by atoms with E-state index in [2.05, 4.69) is 132 Å². The molecule has 0 atom stereocenters. The molecule has 0 spiro atoms. The van der Waals surface area contributed by atoms with Crippen molar-refractivity contribution in [3.8, 4) is 11.5 Å². The molecule has 0 aliphatic heterocycles. The molecule has 50 heavy (non-hydrogen) atoms. The van der Waals surface area contributed by atoms with Gasteiger partial charge in [-0.2, -0.15) is 0 Å². The molecule has 0 fully saturated rings. The Bertz CT molecular complexity index is 3060. The van der Waals surface area contributed by atoms with Crippen molar-refractivity contribution in [3.63, 3.8) is 0 Å². The predicted molar refractivity (Wildman–Crippen MR) is 204 cm³/mol. The van der Waals surface area contributed by atoms with Crippen molar-refractivity contribution in [1.29, 1.82) is 0 Å². The van der Waals surface area contributed by atoms with E-state index in [0.29, 0.717) is 5.89 Å². The van der Waals surface area contributed by atoms with Gasteiger partial charge in [0, 0.05) is 61.7 Å². The molecule has 0 radical (unpaired) electrons. The zero-order chi connectivity index (χ0) is 32.8. The van der Waals surface area contributed by atoms with Crippen molar-refractivity contribution in [3.05, 3.63) is 158 Å². The number of aromatic nitrogens is 1. The molecule has 3 aromatic heterocycles. The quantitative estimate of drug-likeness (QED) is 0.191. The summed E-state index contributed by atoms with van der Waals surface area (Å²) in [6, 6.07) is 54.4. The van der Waals surface area contributed by atoms with Gasteiger partial charge < -0.3 is 18.2 Å². The van der Waals surface area contributed by atoms with Crippen LogP contribution in [0.1, 0.15) is 0 Å². The summed E-state index contributed by atoms with van der Waals surface area (Å²) in [5.74, 6) is 0.575. The Balaban J connectivity index is 1.07. The molecular formula is C45H26N2O3. The van der Waals surface area contributed by atoms with E-state index in [1.54, 1.807) is 0 Å². The number of furan rings is 2. The van der Waals surface area contributed by atoms with Crippen LogP contribution in [0.25, 0.3) is 88.0 Å². The van der Waals surface area contributed by atoms with Crippen LogP contribution in [0.5, 0.6) is 0 Å². The lowest BCUT2D eigenvalue weighted by molar-refractivity contribution is 0.620. The normalized spacial score (nSPS) is 12.0. The number of nitrogens with zero attached hydrogens (tertiary/aromatic N) is 2. The van der Waals surface area contributed by atoms with Crippen LogP contribution in [-0.2, 0) is 0 Å². The molecule has 5 heteroatoms. The molecule has 0 amide bonds. The number of oxazole rings is 1. The fourth-order valence-corrected chi connectivity index (χ4v) is 7.52. The summed E-state index contributed by atoms with van der Waals surface area (Å²) >= 11 is 0. The fraction of sp³-hybridized carbons (Fsp3) is 0. The minimum Gasteiger partial charge on any atom is -0.456 e. The molecule has 11 rings (SSSR count). The van der Waals surface area contributed by atoms with E-state index in [-0.39, 0.29) is 0 Å². The summed E-state index contributed by atoms with van der Waals surface area (Å²) in [6.07, 6.45) is 0. The van der Waals surface area contributed by atoms with Crippen molar-refractivity contribution >= 4 is 93.6 Å². The average Bonchev–Trinajstić information content (AvgIpc) is 3.87. The lowest BCUT2D eigenvalue weighted by Gasteiger charge is -2.25. The lowest BCUT2D eigenvalue weighted by Crippen LogP contribution is -2.09. The zero-order valence-corrected chi connectivity index (χ0v) is 26.6. The summed E-state index contributed by atoms with van der Waals surface area (Å²) in [4.78, 5) is 7.17. The van der Waals surface area contributed by atoms with Gasteiger partial charge >= 0.3 is 0 Å². The lowest BCUT2D eigenvalue weighted by atomic mass is 10.0.